The average Bonchev–Trinajstić information content (AvgIpc) is 2.80. The molecule has 1 aliphatic carbocycles. The van der Waals surface area contributed by atoms with Crippen molar-refractivity contribution in [1.82, 2.24) is 10.6 Å². The van der Waals surface area contributed by atoms with Gasteiger partial charge in [0.2, 0.25) is 0 Å². The molecule has 0 aromatic rings. The van der Waals surface area contributed by atoms with Crippen molar-refractivity contribution in [3.8, 4) is 0 Å². The molecule has 0 aliphatic heterocycles. The van der Waals surface area contributed by atoms with E-state index in [-0.39, 0.29) is 10.8 Å². The second kappa shape index (κ2) is 19.4. The van der Waals surface area contributed by atoms with Crippen molar-refractivity contribution in [2.24, 2.45) is 10.8 Å². The third-order valence-electron chi connectivity index (χ3n) is 7.39. The maximum absolute atomic E-state index is 5.86. The van der Waals surface area contributed by atoms with E-state index in [1.165, 1.54) is 77.0 Å². The van der Waals surface area contributed by atoms with Crippen LogP contribution in [0.25, 0.3) is 0 Å². The minimum Gasteiger partial charge on any atom is -0.471 e. The summed E-state index contributed by atoms with van der Waals surface area (Å²) in [5.41, 5.74) is 0.362. The van der Waals surface area contributed by atoms with E-state index in [4.69, 9.17) is 33.9 Å². The lowest BCUT2D eigenvalue weighted by Gasteiger charge is -2.47. The van der Waals surface area contributed by atoms with Crippen LogP contribution in [0.1, 0.15) is 144 Å². The first-order valence-corrected chi connectivity index (χ1v) is 15.9. The minimum absolute atomic E-state index is 0.125. The maximum Gasteiger partial charge on any atom is 0.256 e. The van der Waals surface area contributed by atoms with Crippen LogP contribution in [-0.4, -0.2) is 36.1 Å². The Morgan fingerprint density at radius 2 is 1.17 bits per heavy atom. The topological polar surface area (TPSA) is 42.5 Å². The number of ether oxygens (including phenoxy) is 2. The van der Waals surface area contributed by atoms with Gasteiger partial charge in [0, 0.05) is 12.6 Å². The van der Waals surface area contributed by atoms with Crippen molar-refractivity contribution in [2.75, 3.05) is 19.8 Å². The highest BCUT2D eigenvalue weighted by Gasteiger charge is 2.41. The lowest BCUT2D eigenvalue weighted by Crippen LogP contribution is -2.50. The number of thiocarbonyl (C=S) groups is 2. The number of hydrogen-bond donors (Lipinski definition) is 2. The molecule has 1 rings (SSSR count). The van der Waals surface area contributed by atoms with Crippen LogP contribution in [0.15, 0.2) is 0 Å². The van der Waals surface area contributed by atoms with Gasteiger partial charge in [-0.3, -0.25) is 0 Å². The van der Waals surface area contributed by atoms with Gasteiger partial charge in [-0.1, -0.05) is 112 Å². The van der Waals surface area contributed by atoms with Gasteiger partial charge in [-0.05, 0) is 67.4 Å². The second-order valence-corrected chi connectivity index (χ2v) is 13.0. The van der Waals surface area contributed by atoms with E-state index >= 15 is 0 Å². The molecule has 1 saturated carbocycles. The van der Waals surface area contributed by atoms with Gasteiger partial charge >= 0.3 is 0 Å². The molecule has 212 valence electrons. The number of hydrogen-bond acceptors (Lipinski definition) is 4. The van der Waals surface area contributed by atoms with E-state index < -0.39 is 0 Å². The fraction of sp³-hybridized carbons (Fsp3) is 0.933. The molecule has 4 nitrogen and oxygen atoms in total. The van der Waals surface area contributed by atoms with Gasteiger partial charge in [-0.25, -0.2) is 0 Å². The van der Waals surface area contributed by atoms with E-state index in [1.54, 1.807) is 0 Å². The van der Waals surface area contributed by atoms with E-state index in [1.807, 2.05) is 0 Å². The standard InChI is InChI=1S/C30H58N2O2S2/c1-6-8-10-12-14-16-18-20-33-27(35)31-25-30(5)23-26(22-29(3,4)24-30)32-28(36)34-21-19-17-15-13-11-9-7-2/h26H,6-25H2,1-5H3,(H,31,35)(H,32,36). The summed E-state index contributed by atoms with van der Waals surface area (Å²) in [7, 11) is 0. The fourth-order valence-corrected chi connectivity index (χ4v) is 6.27. The Labute approximate surface area is 234 Å². The molecular weight excluding hydrogens is 484 g/mol. The van der Waals surface area contributed by atoms with Crippen molar-refractivity contribution >= 4 is 34.8 Å². The van der Waals surface area contributed by atoms with Crippen LogP contribution in [0.5, 0.6) is 0 Å². The zero-order valence-electron chi connectivity index (χ0n) is 24.4. The quantitative estimate of drug-likeness (QED) is 0.125. The van der Waals surface area contributed by atoms with Gasteiger partial charge in [0.1, 0.15) is 0 Å². The van der Waals surface area contributed by atoms with E-state index in [2.05, 4.69) is 45.3 Å². The molecule has 2 atom stereocenters. The fourth-order valence-electron chi connectivity index (χ4n) is 5.86. The molecule has 0 spiro atoms. The molecule has 2 N–H and O–H groups in total. The first-order valence-electron chi connectivity index (χ1n) is 15.0. The van der Waals surface area contributed by atoms with Crippen LogP contribution in [0.2, 0.25) is 0 Å². The first kappa shape index (κ1) is 33.4. The third kappa shape index (κ3) is 17.0. The van der Waals surface area contributed by atoms with Crippen LogP contribution >= 0.6 is 24.4 Å². The summed E-state index contributed by atoms with van der Waals surface area (Å²) in [6.07, 6.45) is 21.2. The second-order valence-electron chi connectivity index (χ2n) is 12.3. The normalized spacial score (nSPS) is 21.1. The van der Waals surface area contributed by atoms with Gasteiger partial charge in [0.25, 0.3) is 10.3 Å². The molecule has 0 aromatic carbocycles. The van der Waals surface area contributed by atoms with Gasteiger partial charge < -0.3 is 20.1 Å². The average molecular weight is 543 g/mol. The molecule has 0 heterocycles. The molecule has 1 aliphatic rings. The summed E-state index contributed by atoms with van der Waals surface area (Å²) in [5.74, 6) is 0. The highest BCUT2D eigenvalue weighted by atomic mass is 32.1. The van der Waals surface area contributed by atoms with Gasteiger partial charge in [0.05, 0.1) is 13.2 Å². The monoisotopic (exact) mass is 542 g/mol. The van der Waals surface area contributed by atoms with E-state index in [0.29, 0.717) is 16.4 Å². The Bertz CT molecular complexity index is 599. The van der Waals surface area contributed by atoms with Crippen LogP contribution in [0, 0.1) is 10.8 Å². The Hall–Kier alpha value is -0.620. The summed E-state index contributed by atoms with van der Waals surface area (Å²) >= 11 is 11.0. The lowest BCUT2D eigenvalue weighted by molar-refractivity contribution is 0.0765. The Morgan fingerprint density at radius 1 is 0.694 bits per heavy atom. The van der Waals surface area contributed by atoms with Crippen LogP contribution < -0.4 is 10.6 Å². The van der Waals surface area contributed by atoms with E-state index in [0.717, 1.165) is 51.9 Å². The third-order valence-corrected chi connectivity index (χ3v) is 7.88. The highest BCUT2D eigenvalue weighted by molar-refractivity contribution is 7.80. The smallest absolute Gasteiger partial charge is 0.256 e. The number of nitrogens with one attached hydrogen (secondary N) is 2. The molecule has 1 fully saturated rings. The molecular formula is C30H58N2O2S2. The molecule has 0 radical (unpaired) electrons. The molecule has 6 heteroatoms. The molecule has 0 aromatic heterocycles. The SMILES string of the molecule is CCCCCCCCCOC(=S)NCC1(C)CC(NC(=S)OCCCCCCCCC)CC(C)(C)C1. The van der Waals surface area contributed by atoms with Crippen LogP contribution in [-0.2, 0) is 9.47 Å². The molecule has 2 unspecified atom stereocenters. The van der Waals surface area contributed by atoms with Gasteiger partial charge in [-0.2, -0.15) is 0 Å². The van der Waals surface area contributed by atoms with Crippen molar-refractivity contribution < 1.29 is 9.47 Å². The predicted octanol–water partition coefficient (Wildman–Crippen LogP) is 8.85. The number of rotatable bonds is 19. The Kier molecular flexibility index (Phi) is 18.0. The summed E-state index contributed by atoms with van der Waals surface area (Å²) < 4.78 is 11.7. The molecule has 0 saturated heterocycles. The minimum atomic E-state index is 0.125. The Balaban J connectivity index is 2.28. The molecule has 36 heavy (non-hydrogen) atoms. The van der Waals surface area contributed by atoms with Crippen LogP contribution in [0.3, 0.4) is 0 Å². The van der Waals surface area contributed by atoms with Gasteiger partial charge in [-0.15, -0.1) is 0 Å². The maximum atomic E-state index is 5.86. The van der Waals surface area contributed by atoms with Crippen molar-refractivity contribution in [3.05, 3.63) is 0 Å². The first-order chi connectivity index (χ1) is 17.2. The number of unbranched alkanes of at least 4 members (excludes halogenated alkanes) is 12. The van der Waals surface area contributed by atoms with Crippen LogP contribution in [0.4, 0.5) is 0 Å². The summed E-state index contributed by atoms with van der Waals surface area (Å²) in [5, 5.41) is 8.03. The molecule has 0 bridgehead atoms. The largest absolute Gasteiger partial charge is 0.471 e. The van der Waals surface area contributed by atoms with Crippen molar-refractivity contribution in [3.63, 3.8) is 0 Å². The zero-order valence-corrected chi connectivity index (χ0v) is 26.0. The van der Waals surface area contributed by atoms with E-state index in [9.17, 15) is 0 Å². The summed E-state index contributed by atoms with van der Waals surface area (Å²) in [4.78, 5) is 0. The van der Waals surface area contributed by atoms with Crippen molar-refractivity contribution in [1.29, 1.82) is 0 Å². The zero-order chi connectivity index (χ0) is 26.7. The van der Waals surface area contributed by atoms with Crippen molar-refractivity contribution in [2.45, 2.75) is 150 Å². The summed E-state index contributed by atoms with van der Waals surface area (Å²) in [6.45, 7) is 13.9. The predicted molar refractivity (Wildman–Crippen MR) is 164 cm³/mol. The lowest BCUT2D eigenvalue weighted by atomic mass is 9.62. The van der Waals surface area contributed by atoms with Gasteiger partial charge in [0.15, 0.2) is 0 Å². The highest BCUT2D eigenvalue weighted by Crippen LogP contribution is 2.45. The Morgan fingerprint density at radius 3 is 1.69 bits per heavy atom. The molecule has 0 amide bonds. The summed E-state index contributed by atoms with van der Waals surface area (Å²) in [6, 6.07) is 0.323.